The van der Waals surface area contributed by atoms with Crippen LogP contribution >= 0.6 is 0 Å². The molecule has 7 heteroatoms. The van der Waals surface area contributed by atoms with Crippen LogP contribution in [0.3, 0.4) is 0 Å². The summed E-state index contributed by atoms with van der Waals surface area (Å²) in [5, 5.41) is 9.63. The molecule has 2 amide bonds. The van der Waals surface area contributed by atoms with Gasteiger partial charge < -0.3 is 15.2 Å². The predicted octanol–water partition coefficient (Wildman–Crippen LogP) is 2.57. The van der Waals surface area contributed by atoms with Crippen molar-refractivity contribution in [2.24, 2.45) is 0 Å². The van der Waals surface area contributed by atoms with E-state index in [4.69, 9.17) is 4.52 Å². The van der Waals surface area contributed by atoms with Crippen LogP contribution in [-0.2, 0) is 0 Å². The fourth-order valence-corrected chi connectivity index (χ4v) is 3.17. The van der Waals surface area contributed by atoms with Gasteiger partial charge in [-0.05, 0) is 32.8 Å². The Labute approximate surface area is 147 Å². The first kappa shape index (κ1) is 17.4. The lowest BCUT2D eigenvalue weighted by molar-refractivity contribution is 0.226. The van der Waals surface area contributed by atoms with Crippen molar-refractivity contribution < 1.29 is 9.32 Å². The van der Waals surface area contributed by atoms with Crippen LogP contribution in [0.1, 0.15) is 49.6 Å². The van der Waals surface area contributed by atoms with Crippen molar-refractivity contribution in [3.8, 4) is 0 Å². The van der Waals surface area contributed by atoms with Gasteiger partial charge in [0, 0.05) is 25.2 Å². The van der Waals surface area contributed by atoms with Crippen LogP contribution in [0.15, 0.2) is 34.9 Å². The number of likely N-dealkylation sites (tertiary alicyclic amines) is 1. The molecule has 2 N–H and O–H groups in total. The van der Waals surface area contributed by atoms with Crippen LogP contribution in [0.5, 0.6) is 0 Å². The molecule has 0 spiro atoms. The van der Waals surface area contributed by atoms with Gasteiger partial charge in [0.05, 0.1) is 0 Å². The van der Waals surface area contributed by atoms with E-state index in [1.807, 2.05) is 13.0 Å². The Morgan fingerprint density at radius 2 is 2.08 bits per heavy atom. The average molecular weight is 343 g/mol. The molecule has 0 radical (unpaired) electrons. The van der Waals surface area contributed by atoms with E-state index < -0.39 is 0 Å². The Morgan fingerprint density at radius 1 is 1.32 bits per heavy atom. The van der Waals surface area contributed by atoms with Crippen LogP contribution in [0.4, 0.5) is 4.79 Å². The molecule has 1 aliphatic rings. The average Bonchev–Trinajstić information content (AvgIpc) is 3.24. The topological polar surface area (TPSA) is 83.3 Å². The van der Waals surface area contributed by atoms with Crippen LogP contribution < -0.4 is 10.6 Å². The highest BCUT2D eigenvalue weighted by Crippen LogP contribution is 2.24. The fraction of sp³-hybridized carbons (Fsp3) is 0.500. The molecule has 2 aromatic rings. The first-order chi connectivity index (χ1) is 12.0. The molecule has 1 fully saturated rings. The molecular formula is C18H25N5O2. The molecule has 134 valence electrons. The fourth-order valence-electron chi connectivity index (χ4n) is 3.17. The molecule has 25 heavy (non-hydrogen) atoms. The molecule has 1 saturated heterocycles. The largest absolute Gasteiger partial charge is 0.337 e. The van der Waals surface area contributed by atoms with Crippen molar-refractivity contribution in [3.63, 3.8) is 0 Å². The summed E-state index contributed by atoms with van der Waals surface area (Å²) in [6.45, 7) is 7.60. The Kier molecular flexibility index (Phi) is 5.33. The smallest absolute Gasteiger partial charge is 0.315 e. The monoisotopic (exact) mass is 343 g/mol. The summed E-state index contributed by atoms with van der Waals surface area (Å²) in [4.78, 5) is 18.7. The van der Waals surface area contributed by atoms with E-state index in [1.165, 1.54) is 5.56 Å². The summed E-state index contributed by atoms with van der Waals surface area (Å²) in [5.41, 5.74) is 1.30. The highest BCUT2D eigenvalue weighted by Gasteiger charge is 2.28. The van der Waals surface area contributed by atoms with Crippen molar-refractivity contribution in [1.29, 1.82) is 0 Å². The van der Waals surface area contributed by atoms with E-state index in [9.17, 15) is 4.79 Å². The number of rotatable bonds is 5. The Bertz CT molecular complexity index is 703. The molecule has 0 saturated carbocycles. The molecule has 1 aromatic carbocycles. The normalized spacial score (nSPS) is 20.2. The summed E-state index contributed by atoms with van der Waals surface area (Å²) in [7, 11) is 0. The van der Waals surface area contributed by atoms with Crippen LogP contribution in [0, 0.1) is 6.92 Å². The maximum atomic E-state index is 12.2. The maximum Gasteiger partial charge on any atom is 0.315 e. The van der Waals surface area contributed by atoms with Crippen LogP contribution in [0.2, 0.25) is 0 Å². The second kappa shape index (κ2) is 7.65. The van der Waals surface area contributed by atoms with Gasteiger partial charge in [-0.2, -0.15) is 4.98 Å². The van der Waals surface area contributed by atoms with Crippen molar-refractivity contribution in [3.05, 3.63) is 47.6 Å². The van der Waals surface area contributed by atoms with Crippen molar-refractivity contribution >= 4 is 6.03 Å². The minimum atomic E-state index is -0.318. The van der Waals surface area contributed by atoms with Gasteiger partial charge in [0.2, 0.25) is 5.89 Å². The molecule has 7 nitrogen and oxygen atoms in total. The number of benzene rings is 1. The molecular weight excluding hydrogens is 318 g/mol. The molecule has 0 unspecified atom stereocenters. The van der Waals surface area contributed by atoms with E-state index in [0.29, 0.717) is 17.8 Å². The Hall–Kier alpha value is -2.41. The van der Waals surface area contributed by atoms with Gasteiger partial charge in [-0.15, -0.1) is 0 Å². The summed E-state index contributed by atoms with van der Waals surface area (Å²) in [6, 6.07) is 10.4. The van der Waals surface area contributed by atoms with E-state index in [-0.39, 0.29) is 18.1 Å². The quantitative estimate of drug-likeness (QED) is 0.872. The standard InChI is InChI=1S/C18H25N5O2/c1-12(17-20-14(3)22-25-17)19-18(24)21-16-9-10-23(11-16)13(2)15-7-5-4-6-8-15/h4-8,12-13,16H,9-11H2,1-3H3,(H2,19,21,24)/t12-,13+,16+/m0/s1. The molecule has 0 bridgehead atoms. The lowest BCUT2D eigenvalue weighted by atomic mass is 10.1. The first-order valence-electron chi connectivity index (χ1n) is 8.69. The van der Waals surface area contributed by atoms with E-state index in [1.54, 1.807) is 6.92 Å². The number of hydrogen-bond donors (Lipinski definition) is 2. The highest BCUT2D eigenvalue weighted by molar-refractivity contribution is 5.74. The number of urea groups is 1. The number of aryl methyl sites for hydroxylation is 1. The maximum absolute atomic E-state index is 12.2. The van der Waals surface area contributed by atoms with Crippen LogP contribution in [-0.4, -0.2) is 40.2 Å². The third kappa shape index (κ3) is 4.36. The number of amides is 2. The van der Waals surface area contributed by atoms with Gasteiger partial charge in [-0.3, -0.25) is 4.90 Å². The second-order valence-corrected chi connectivity index (χ2v) is 6.59. The van der Waals surface area contributed by atoms with Gasteiger partial charge in [-0.1, -0.05) is 35.5 Å². The molecule has 0 aliphatic carbocycles. The molecule has 3 rings (SSSR count). The summed E-state index contributed by atoms with van der Waals surface area (Å²) in [5.74, 6) is 0.976. The third-order valence-electron chi connectivity index (χ3n) is 4.65. The SMILES string of the molecule is Cc1noc([C@H](C)NC(=O)N[C@@H]2CCN([C@H](C)c3ccccc3)C2)n1. The number of hydrogen-bond acceptors (Lipinski definition) is 5. The Balaban J connectivity index is 1.48. The summed E-state index contributed by atoms with van der Waals surface area (Å²) in [6.07, 6.45) is 0.943. The zero-order chi connectivity index (χ0) is 17.8. The summed E-state index contributed by atoms with van der Waals surface area (Å²) >= 11 is 0. The van der Waals surface area contributed by atoms with Gasteiger partial charge in [0.15, 0.2) is 5.82 Å². The van der Waals surface area contributed by atoms with E-state index in [0.717, 1.165) is 19.5 Å². The first-order valence-corrected chi connectivity index (χ1v) is 8.69. The lowest BCUT2D eigenvalue weighted by Gasteiger charge is -2.25. The highest BCUT2D eigenvalue weighted by atomic mass is 16.5. The van der Waals surface area contributed by atoms with Crippen LogP contribution in [0.25, 0.3) is 0 Å². The van der Waals surface area contributed by atoms with Gasteiger partial charge in [0.1, 0.15) is 6.04 Å². The van der Waals surface area contributed by atoms with E-state index >= 15 is 0 Å². The zero-order valence-electron chi connectivity index (χ0n) is 14.9. The number of carbonyl (C=O) groups is 1. The molecule has 3 atom stereocenters. The van der Waals surface area contributed by atoms with Gasteiger partial charge in [-0.25, -0.2) is 4.79 Å². The van der Waals surface area contributed by atoms with Crippen molar-refractivity contribution in [1.82, 2.24) is 25.7 Å². The molecule has 1 aliphatic heterocycles. The van der Waals surface area contributed by atoms with E-state index in [2.05, 4.69) is 56.9 Å². The second-order valence-electron chi connectivity index (χ2n) is 6.59. The molecule has 1 aromatic heterocycles. The van der Waals surface area contributed by atoms with Crippen molar-refractivity contribution in [2.75, 3.05) is 13.1 Å². The van der Waals surface area contributed by atoms with Gasteiger partial charge in [0.25, 0.3) is 0 Å². The number of aromatic nitrogens is 2. The predicted molar refractivity (Wildman–Crippen MR) is 94.0 cm³/mol. The summed E-state index contributed by atoms with van der Waals surface area (Å²) < 4.78 is 5.08. The minimum Gasteiger partial charge on any atom is -0.337 e. The number of nitrogens with zero attached hydrogens (tertiary/aromatic N) is 3. The number of carbonyl (C=O) groups excluding carboxylic acids is 1. The van der Waals surface area contributed by atoms with Gasteiger partial charge >= 0.3 is 6.03 Å². The van der Waals surface area contributed by atoms with Crippen molar-refractivity contribution in [2.45, 2.75) is 45.3 Å². The minimum absolute atomic E-state index is 0.141. The third-order valence-corrected chi connectivity index (χ3v) is 4.65. The zero-order valence-corrected chi connectivity index (χ0v) is 14.9. The lowest BCUT2D eigenvalue weighted by Crippen LogP contribution is -2.44. The molecule has 2 heterocycles. The Morgan fingerprint density at radius 3 is 2.76 bits per heavy atom. The number of nitrogens with one attached hydrogen (secondary N) is 2.